The van der Waals surface area contributed by atoms with Gasteiger partial charge in [0, 0.05) is 4.24 Å². The zero-order valence-corrected chi connectivity index (χ0v) is 10.7. The molecule has 0 fully saturated rings. The lowest BCUT2D eigenvalue weighted by Gasteiger charge is -2.01. The number of aliphatic hydroxyl groups is 2. The monoisotopic (exact) mass is 256 g/mol. The molecule has 6 heteroatoms. The zero-order chi connectivity index (χ0) is 11.9. The normalized spacial score (nSPS) is 9.13. The summed E-state index contributed by atoms with van der Waals surface area (Å²) in [6, 6.07) is 0. The number of allylic oxidation sites excluding steroid dienone is 1. The second kappa shape index (κ2) is 16.7. The van der Waals surface area contributed by atoms with Crippen LogP contribution in [-0.4, -0.2) is 49.9 Å². The molecule has 0 aliphatic heterocycles. The summed E-state index contributed by atoms with van der Waals surface area (Å²) in [5.74, 6) is 0. The Bertz CT molecular complexity index is 130. The van der Waals surface area contributed by atoms with Gasteiger partial charge in [-0.25, -0.2) is 0 Å². The van der Waals surface area contributed by atoms with Crippen LogP contribution in [0.1, 0.15) is 6.92 Å². The minimum Gasteiger partial charge on any atom is -0.394 e. The van der Waals surface area contributed by atoms with E-state index in [2.05, 4.69) is 25.3 Å². The van der Waals surface area contributed by atoms with E-state index in [9.17, 15) is 0 Å². The van der Waals surface area contributed by atoms with Crippen molar-refractivity contribution in [1.29, 1.82) is 0 Å². The SMILES string of the molecule is CC=C(S)S.OCCOCCOCCO. The molecule has 0 aliphatic carbocycles. The average Bonchev–Trinajstić information content (AvgIpc) is 2.24. The third kappa shape index (κ3) is 25.0. The summed E-state index contributed by atoms with van der Waals surface area (Å²) >= 11 is 7.65. The molecule has 0 aromatic rings. The van der Waals surface area contributed by atoms with Crippen LogP contribution in [-0.2, 0) is 9.47 Å². The maximum Gasteiger partial charge on any atom is 0.0701 e. The summed E-state index contributed by atoms with van der Waals surface area (Å²) in [5, 5.41) is 16.5. The molecule has 0 amide bonds. The molecule has 0 aromatic carbocycles. The van der Waals surface area contributed by atoms with Crippen LogP contribution in [0.2, 0.25) is 0 Å². The van der Waals surface area contributed by atoms with Gasteiger partial charge in [-0.2, -0.15) is 0 Å². The Morgan fingerprint density at radius 3 is 1.53 bits per heavy atom. The van der Waals surface area contributed by atoms with Crippen molar-refractivity contribution in [2.75, 3.05) is 39.6 Å². The van der Waals surface area contributed by atoms with E-state index >= 15 is 0 Å². The van der Waals surface area contributed by atoms with Gasteiger partial charge in [-0.3, -0.25) is 0 Å². The highest BCUT2D eigenvalue weighted by Gasteiger charge is 1.86. The predicted molar refractivity (Wildman–Crippen MR) is 67.5 cm³/mol. The molecular weight excluding hydrogens is 236 g/mol. The molecule has 0 aromatic heterocycles. The van der Waals surface area contributed by atoms with Crippen LogP contribution >= 0.6 is 25.3 Å². The lowest BCUT2D eigenvalue weighted by atomic mass is 10.7. The van der Waals surface area contributed by atoms with Crippen LogP contribution < -0.4 is 0 Å². The highest BCUT2D eigenvalue weighted by Crippen LogP contribution is 2.01. The van der Waals surface area contributed by atoms with E-state index in [4.69, 9.17) is 19.7 Å². The molecule has 0 radical (unpaired) electrons. The van der Waals surface area contributed by atoms with E-state index in [1.807, 2.05) is 13.0 Å². The molecule has 0 heterocycles. The van der Waals surface area contributed by atoms with Gasteiger partial charge in [-0.15, -0.1) is 25.3 Å². The van der Waals surface area contributed by atoms with Crippen molar-refractivity contribution in [3.63, 3.8) is 0 Å². The Kier molecular flexibility index (Phi) is 19.7. The Labute approximate surface area is 102 Å². The van der Waals surface area contributed by atoms with E-state index in [0.29, 0.717) is 26.4 Å². The highest BCUT2D eigenvalue weighted by atomic mass is 32.2. The molecule has 0 rings (SSSR count). The van der Waals surface area contributed by atoms with Crippen molar-refractivity contribution in [1.82, 2.24) is 0 Å². The molecule has 0 atom stereocenters. The number of hydrogen-bond acceptors (Lipinski definition) is 6. The molecule has 0 saturated carbocycles. The van der Waals surface area contributed by atoms with Crippen LogP contribution in [0.3, 0.4) is 0 Å². The molecule has 0 saturated heterocycles. The molecule has 0 unspecified atom stereocenters. The van der Waals surface area contributed by atoms with Crippen LogP contribution in [0.25, 0.3) is 0 Å². The Morgan fingerprint density at radius 2 is 1.33 bits per heavy atom. The first-order valence-electron chi connectivity index (χ1n) is 4.60. The number of aliphatic hydroxyl groups excluding tert-OH is 2. The van der Waals surface area contributed by atoms with E-state index in [1.165, 1.54) is 0 Å². The smallest absolute Gasteiger partial charge is 0.0701 e. The van der Waals surface area contributed by atoms with Crippen LogP contribution in [0.5, 0.6) is 0 Å². The van der Waals surface area contributed by atoms with Gasteiger partial charge in [0.05, 0.1) is 39.6 Å². The first kappa shape index (κ1) is 17.7. The van der Waals surface area contributed by atoms with Crippen molar-refractivity contribution in [3.8, 4) is 0 Å². The summed E-state index contributed by atoms with van der Waals surface area (Å²) in [6.45, 7) is 3.61. The molecule has 0 spiro atoms. The summed E-state index contributed by atoms with van der Waals surface area (Å²) in [5.41, 5.74) is 0. The average molecular weight is 256 g/mol. The van der Waals surface area contributed by atoms with Crippen molar-refractivity contribution >= 4 is 25.3 Å². The van der Waals surface area contributed by atoms with Crippen LogP contribution in [0.4, 0.5) is 0 Å². The third-order valence-electron chi connectivity index (χ3n) is 1.10. The number of rotatable bonds is 7. The predicted octanol–water partition coefficient (Wildman–Crippen LogP) is 0.712. The van der Waals surface area contributed by atoms with Gasteiger partial charge in [-0.05, 0) is 6.92 Å². The number of thiol groups is 2. The third-order valence-corrected chi connectivity index (χ3v) is 1.62. The van der Waals surface area contributed by atoms with E-state index in [-0.39, 0.29) is 13.2 Å². The topological polar surface area (TPSA) is 58.9 Å². The fourth-order valence-corrected chi connectivity index (χ4v) is 0.451. The van der Waals surface area contributed by atoms with Crippen molar-refractivity contribution in [2.45, 2.75) is 6.92 Å². The first-order chi connectivity index (χ1) is 7.18. The minimum atomic E-state index is 0.0417. The summed E-state index contributed by atoms with van der Waals surface area (Å²) in [6.07, 6.45) is 1.81. The van der Waals surface area contributed by atoms with E-state index in [1.54, 1.807) is 0 Å². The molecule has 2 N–H and O–H groups in total. The molecule has 4 nitrogen and oxygen atoms in total. The quantitative estimate of drug-likeness (QED) is 0.400. The fraction of sp³-hybridized carbons (Fsp3) is 0.778. The van der Waals surface area contributed by atoms with Crippen molar-refractivity contribution in [3.05, 3.63) is 10.3 Å². The molecular formula is C9H20O4S2. The Hall–Kier alpha value is 0.280. The van der Waals surface area contributed by atoms with Crippen molar-refractivity contribution in [2.24, 2.45) is 0 Å². The summed E-state index contributed by atoms with van der Waals surface area (Å²) in [7, 11) is 0. The van der Waals surface area contributed by atoms with Gasteiger partial charge in [0.1, 0.15) is 0 Å². The Morgan fingerprint density at radius 1 is 1.00 bits per heavy atom. The highest BCUT2D eigenvalue weighted by molar-refractivity contribution is 8.04. The standard InChI is InChI=1S/C6H14O4.C3H6S2/c7-1-3-9-5-6-10-4-2-8;1-2-3(4)5/h7-8H,1-6H2;2,4-5H,1H3. The second-order valence-corrected chi connectivity index (χ2v) is 3.64. The molecule has 92 valence electrons. The zero-order valence-electron chi connectivity index (χ0n) is 8.93. The number of ether oxygens (including phenoxy) is 2. The molecule has 15 heavy (non-hydrogen) atoms. The van der Waals surface area contributed by atoms with Gasteiger partial charge in [0.2, 0.25) is 0 Å². The van der Waals surface area contributed by atoms with Crippen LogP contribution in [0, 0.1) is 0 Å². The number of hydrogen-bond donors (Lipinski definition) is 4. The van der Waals surface area contributed by atoms with E-state index in [0.717, 1.165) is 4.24 Å². The summed E-state index contributed by atoms with van der Waals surface area (Å²) < 4.78 is 10.5. The van der Waals surface area contributed by atoms with Gasteiger partial charge < -0.3 is 19.7 Å². The lowest BCUT2D eigenvalue weighted by Crippen LogP contribution is -2.09. The van der Waals surface area contributed by atoms with Gasteiger partial charge in [0.15, 0.2) is 0 Å². The molecule has 0 aliphatic rings. The maximum absolute atomic E-state index is 8.26. The van der Waals surface area contributed by atoms with Gasteiger partial charge in [-0.1, -0.05) is 6.08 Å². The van der Waals surface area contributed by atoms with Crippen molar-refractivity contribution < 1.29 is 19.7 Å². The Balaban J connectivity index is 0. The second-order valence-electron chi connectivity index (χ2n) is 2.32. The summed E-state index contributed by atoms with van der Waals surface area (Å²) in [4.78, 5) is 0. The van der Waals surface area contributed by atoms with Gasteiger partial charge in [0.25, 0.3) is 0 Å². The first-order valence-corrected chi connectivity index (χ1v) is 5.49. The maximum atomic E-state index is 8.26. The van der Waals surface area contributed by atoms with Crippen LogP contribution in [0.15, 0.2) is 10.3 Å². The fourth-order valence-electron chi connectivity index (χ4n) is 0.451. The lowest BCUT2D eigenvalue weighted by molar-refractivity contribution is 0.0222. The molecule has 0 bridgehead atoms. The van der Waals surface area contributed by atoms with Gasteiger partial charge >= 0.3 is 0 Å². The van der Waals surface area contributed by atoms with E-state index < -0.39 is 0 Å². The minimum absolute atomic E-state index is 0.0417. The largest absolute Gasteiger partial charge is 0.394 e.